The van der Waals surface area contributed by atoms with E-state index >= 15 is 0 Å². The molecule has 1 atom stereocenters. The van der Waals surface area contributed by atoms with Gasteiger partial charge >= 0.3 is 12.1 Å². The lowest BCUT2D eigenvalue weighted by Crippen LogP contribution is -2.33. The number of aliphatic carboxylic acids is 1. The van der Waals surface area contributed by atoms with E-state index in [0.717, 1.165) is 22.3 Å². The van der Waals surface area contributed by atoms with Crippen LogP contribution in [0.4, 0.5) is 4.79 Å². The number of ether oxygens (including phenoxy) is 1. The SMILES string of the molecule is CCn1nccc1[C@H](CC(=O)O)NC(=O)OCC1c2ccccc2-c2ccccc21. The lowest BCUT2D eigenvalue weighted by atomic mass is 9.98. The zero-order valence-electron chi connectivity index (χ0n) is 16.6. The Morgan fingerprint density at radius 3 is 2.33 bits per heavy atom. The van der Waals surface area contributed by atoms with Gasteiger partial charge in [-0.2, -0.15) is 5.10 Å². The van der Waals surface area contributed by atoms with E-state index in [9.17, 15) is 14.7 Å². The molecule has 1 aliphatic rings. The van der Waals surface area contributed by atoms with Crippen molar-refractivity contribution in [1.29, 1.82) is 0 Å². The summed E-state index contributed by atoms with van der Waals surface area (Å²) < 4.78 is 7.21. The van der Waals surface area contributed by atoms with Crippen LogP contribution in [0.15, 0.2) is 60.8 Å². The van der Waals surface area contributed by atoms with Gasteiger partial charge in [-0.05, 0) is 35.2 Å². The zero-order valence-corrected chi connectivity index (χ0v) is 16.6. The molecule has 0 spiro atoms. The Labute approximate surface area is 174 Å². The van der Waals surface area contributed by atoms with Crippen molar-refractivity contribution in [2.24, 2.45) is 0 Å². The number of hydrogen-bond acceptors (Lipinski definition) is 4. The van der Waals surface area contributed by atoms with Gasteiger partial charge in [0, 0.05) is 18.7 Å². The summed E-state index contributed by atoms with van der Waals surface area (Å²) in [5, 5.41) is 16.1. The summed E-state index contributed by atoms with van der Waals surface area (Å²) in [6.45, 7) is 2.65. The molecule has 3 aromatic rings. The van der Waals surface area contributed by atoms with Gasteiger partial charge in [0.25, 0.3) is 0 Å². The quantitative estimate of drug-likeness (QED) is 0.621. The number of aromatic nitrogens is 2. The van der Waals surface area contributed by atoms with Gasteiger partial charge in [0.1, 0.15) is 6.61 Å². The molecule has 4 rings (SSSR count). The van der Waals surface area contributed by atoms with Crippen molar-refractivity contribution < 1.29 is 19.4 Å². The molecule has 2 N–H and O–H groups in total. The number of hydrogen-bond donors (Lipinski definition) is 2. The molecule has 0 radical (unpaired) electrons. The second-order valence-corrected chi connectivity index (χ2v) is 7.19. The summed E-state index contributed by atoms with van der Waals surface area (Å²) in [5.74, 6) is -1.06. The molecule has 0 unspecified atom stereocenters. The largest absolute Gasteiger partial charge is 0.481 e. The molecule has 0 saturated carbocycles. The average molecular weight is 405 g/mol. The highest BCUT2D eigenvalue weighted by molar-refractivity contribution is 5.79. The number of benzene rings is 2. The van der Waals surface area contributed by atoms with Gasteiger partial charge in [0.05, 0.1) is 18.2 Å². The van der Waals surface area contributed by atoms with E-state index in [1.54, 1.807) is 16.9 Å². The maximum atomic E-state index is 12.6. The summed E-state index contributed by atoms with van der Waals surface area (Å²) >= 11 is 0. The van der Waals surface area contributed by atoms with Crippen molar-refractivity contribution in [2.75, 3.05) is 6.61 Å². The van der Waals surface area contributed by atoms with Crippen LogP contribution in [0.25, 0.3) is 11.1 Å². The van der Waals surface area contributed by atoms with Crippen LogP contribution in [0.1, 0.15) is 42.1 Å². The summed E-state index contributed by atoms with van der Waals surface area (Å²) in [6.07, 6.45) is 0.690. The highest BCUT2D eigenvalue weighted by Crippen LogP contribution is 2.44. The van der Waals surface area contributed by atoms with Gasteiger partial charge < -0.3 is 15.2 Å². The van der Waals surface area contributed by atoms with E-state index in [-0.39, 0.29) is 18.9 Å². The second-order valence-electron chi connectivity index (χ2n) is 7.19. The van der Waals surface area contributed by atoms with E-state index in [1.807, 2.05) is 43.3 Å². The van der Waals surface area contributed by atoms with Crippen LogP contribution in [0.3, 0.4) is 0 Å². The molecule has 7 heteroatoms. The number of carboxylic acid groups (broad SMARTS) is 1. The van der Waals surface area contributed by atoms with E-state index in [4.69, 9.17) is 4.74 Å². The van der Waals surface area contributed by atoms with Crippen LogP contribution >= 0.6 is 0 Å². The number of nitrogens with one attached hydrogen (secondary N) is 1. The van der Waals surface area contributed by atoms with E-state index in [2.05, 4.69) is 22.5 Å². The monoisotopic (exact) mass is 405 g/mol. The van der Waals surface area contributed by atoms with Gasteiger partial charge in [-0.25, -0.2) is 4.79 Å². The van der Waals surface area contributed by atoms with Crippen molar-refractivity contribution in [1.82, 2.24) is 15.1 Å². The molecular weight excluding hydrogens is 382 g/mol. The van der Waals surface area contributed by atoms with E-state index in [0.29, 0.717) is 12.2 Å². The Hall–Kier alpha value is -3.61. The first-order chi connectivity index (χ1) is 14.6. The molecule has 0 bridgehead atoms. The third-order valence-corrected chi connectivity index (χ3v) is 5.42. The molecule has 1 aliphatic carbocycles. The normalized spacial score (nSPS) is 13.4. The smallest absolute Gasteiger partial charge is 0.407 e. The maximum absolute atomic E-state index is 12.6. The standard InChI is InChI=1S/C23H23N3O4/c1-2-26-21(11-12-24-26)20(13-22(27)28)25-23(29)30-14-19-17-9-5-3-7-15(17)16-8-4-6-10-18(16)19/h3-12,19-20H,2,13-14H2,1H3,(H,25,29)(H,27,28)/t20-/m0/s1. The Balaban J connectivity index is 1.48. The number of carbonyl (C=O) groups is 2. The number of carboxylic acids is 1. The molecule has 0 fully saturated rings. The topological polar surface area (TPSA) is 93.5 Å². The molecule has 0 aliphatic heterocycles. The van der Waals surface area contributed by atoms with E-state index in [1.165, 1.54) is 0 Å². The molecule has 2 aromatic carbocycles. The summed E-state index contributed by atoms with van der Waals surface area (Å²) in [6, 6.07) is 17.2. The second kappa shape index (κ2) is 8.41. The molecule has 1 aromatic heterocycles. The van der Waals surface area contributed by atoms with Gasteiger partial charge in [0.2, 0.25) is 0 Å². The number of aryl methyl sites for hydroxylation is 1. The summed E-state index contributed by atoms with van der Waals surface area (Å²) in [7, 11) is 0. The van der Waals surface area contributed by atoms with Crippen LogP contribution in [0.2, 0.25) is 0 Å². The van der Waals surface area contributed by atoms with Crippen LogP contribution in [0.5, 0.6) is 0 Å². The maximum Gasteiger partial charge on any atom is 0.407 e. The van der Waals surface area contributed by atoms with Crippen LogP contribution < -0.4 is 5.32 Å². The minimum Gasteiger partial charge on any atom is -0.481 e. The Morgan fingerprint density at radius 1 is 1.10 bits per heavy atom. The predicted molar refractivity (Wildman–Crippen MR) is 111 cm³/mol. The number of fused-ring (bicyclic) bond motifs is 3. The molecule has 154 valence electrons. The summed E-state index contributed by atoms with van der Waals surface area (Å²) in [4.78, 5) is 23.9. The van der Waals surface area contributed by atoms with Crippen molar-refractivity contribution in [3.8, 4) is 11.1 Å². The highest BCUT2D eigenvalue weighted by Gasteiger charge is 2.29. The van der Waals surface area contributed by atoms with Gasteiger partial charge in [0.15, 0.2) is 0 Å². The molecule has 1 amide bonds. The number of alkyl carbamates (subject to hydrolysis) is 1. The number of nitrogens with zero attached hydrogens (tertiary/aromatic N) is 2. The van der Waals surface area contributed by atoms with Crippen molar-refractivity contribution in [3.05, 3.63) is 77.6 Å². The van der Waals surface area contributed by atoms with E-state index < -0.39 is 18.1 Å². The Morgan fingerprint density at radius 2 is 1.73 bits per heavy atom. The molecular formula is C23H23N3O4. The minimum atomic E-state index is -1.01. The van der Waals surface area contributed by atoms with Crippen LogP contribution in [0, 0.1) is 0 Å². The first kappa shape index (κ1) is 19.7. The molecule has 0 saturated heterocycles. The Bertz CT molecular complexity index is 1030. The lowest BCUT2D eigenvalue weighted by Gasteiger charge is -2.19. The fraction of sp³-hybridized carbons (Fsp3) is 0.261. The van der Waals surface area contributed by atoms with Crippen molar-refractivity contribution >= 4 is 12.1 Å². The van der Waals surface area contributed by atoms with Crippen LogP contribution in [-0.4, -0.2) is 33.6 Å². The number of amides is 1. The first-order valence-corrected chi connectivity index (χ1v) is 9.93. The van der Waals surface area contributed by atoms with Gasteiger partial charge in [-0.15, -0.1) is 0 Å². The fourth-order valence-electron chi connectivity index (χ4n) is 4.09. The average Bonchev–Trinajstić information content (AvgIpc) is 3.34. The van der Waals surface area contributed by atoms with Gasteiger partial charge in [-0.1, -0.05) is 48.5 Å². The summed E-state index contributed by atoms with van der Waals surface area (Å²) in [5.41, 5.74) is 5.18. The number of carbonyl (C=O) groups excluding carboxylic acids is 1. The highest BCUT2D eigenvalue weighted by atomic mass is 16.5. The third kappa shape index (κ3) is 3.78. The predicted octanol–water partition coefficient (Wildman–Crippen LogP) is 3.96. The van der Waals surface area contributed by atoms with Crippen molar-refractivity contribution in [3.63, 3.8) is 0 Å². The number of rotatable bonds is 7. The molecule has 30 heavy (non-hydrogen) atoms. The minimum absolute atomic E-state index is 0.0535. The first-order valence-electron chi connectivity index (χ1n) is 9.93. The zero-order chi connectivity index (χ0) is 21.1. The van der Waals surface area contributed by atoms with Crippen LogP contribution in [-0.2, 0) is 16.1 Å². The molecule has 1 heterocycles. The van der Waals surface area contributed by atoms with Crippen molar-refractivity contribution in [2.45, 2.75) is 31.8 Å². The fourth-order valence-corrected chi connectivity index (χ4v) is 4.09. The van der Waals surface area contributed by atoms with Gasteiger partial charge in [-0.3, -0.25) is 9.48 Å². The third-order valence-electron chi connectivity index (χ3n) is 5.42. The molecule has 7 nitrogen and oxygen atoms in total. The Kier molecular flexibility index (Phi) is 5.52. The lowest BCUT2D eigenvalue weighted by molar-refractivity contribution is -0.137.